The van der Waals surface area contributed by atoms with Gasteiger partial charge in [-0.15, -0.1) is 0 Å². The number of carbonyl (C=O) groups excluding carboxylic acids is 2. The fourth-order valence-electron chi connectivity index (χ4n) is 2.14. The molecule has 0 aliphatic heterocycles. The van der Waals surface area contributed by atoms with Crippen LogP contribution in [0.5, 0.6) is 5.75 Å². The van der Waals surface area contributed by atoms with E-state index in [1.54, 1.807) is 42.5 Å². The Kier molecular flexibility index (Phi) is 5.74. The third-order valence-corrected chi connectivity index (χ3v) is 3.48. The highest BCUT2D eigenvalue weighted by atomic mass is 16.5. The zero-order valence-corrected chi connectivity index (χ0v) is 12.9. The molecule has 0 saturated carbocycles. The third-order valence-electron chi connectivity index (χ3n) is 3.48. The van der Waals surface area contributed by atoms with Crippen LogP contribution in [-0.2, 0) is 22.5 Å². The number of hydrogen-bond acceptors (Lipinski definition) is 4. The molecule has 2 aromatic carbocycles. The van der Waals surface area contributed by atoms with E-state index in [-0.39, 0.29) is 17.6 Å². The maximum atomic E-state index is 11.9. The number of nitrogens with one attached hydrogen (secondary N) is 1. The van der Waals surface area contributed by atoms with Gasteiger partial charge in [0, 0.05) is 13.0 Å². The van der Waals surface area contributed by atoms with Crippen molar-refractivity contribution in [3.05, 3.63) is 65.2 Å². The minimum absolute atomic E-state index is 0.0923. The van der Waals surface area contributed by atoms with Crippen LogP contribution in [0.25, 0.3) is 0 Å². The summed E-state index contributed by atoms with van der Waals surface area (Å²) in [7, 11) is 1.33. The number of amides is 1. The van der Waals surface area contributed by atoms with Crippen molar-refractivity contribution >= 4 is 11.9 Å². The van der Waals surface area contributed by atoms with E-state index in [1.165, 1.54) is 7.11 Å². The molecule has 0 radical (unpaired) electrons. The summed E-state index contributed by atoms with van der Waals surface area (Å²) < 4.78 is 4.63. The van der Waals surface area contributed by atoms with Crippen LogP contribution in [0.3, 0.4) is 0 Å². The van der Waals surface area contributed by atoms with Gasteiger partial charge in [-0.25, -0.2) is 4.79 Å². The van der Waals surface area contributed by atoms with Crippen LogP contribution in [0, 0.1) is 0 Å². The molecule has 5 heteroatoms. The van der Waals surface area contributed by atoms with E-state index in [0.717, 1.165) is 11.1 Å². The average Bonchev–Trinajstić information content (AvgIpc) is 2.59. The van der Waals surface area contributed by atoms with Crippen LogP contribution in [-0.4, -0.2) is 24.1 Å². The molecule has 0 heterocycles. The van der Waals surface area contributed by atoms with Crippen LogP contribution < -0.4 is 5.32 Å². The first kappa shape index (κ1) is 16.5. The summed E-state index contributed by atoms with van der Waals surface area (Å²) >= 11 is 0. The molecule has 1 amide bonds. The molecule has 2 N–H and O–H groups in total. The summed E-state index contributed by atoms with van der Waals surface area (Å²) in [5.41, 5.74) is 2.13. The first-order valence-electron chi connectivity index (χ1n) is 7.31. The number of esters is 1. The Balaban J connectivity index is 1.80. The third kappa shape index (κ3) is 4.85. The molecule has 0 spiro atoms. The summed E-state index contributed by atoms with van der Waals surface area (Å²) in [5, 5.41) is 12.5. The largest absolute Gasteiger partial charge is 0.508 e. The molecule has 23 heavy (non-hydrogen) atoms. The van der Waals surface area contributed by atoms with E-state index >= 15 is 0 Å². The first-order chi connectivity index (χ1) is 11.1. The van der Waals surface area contributed by atoms with Crippen molar-refractivity contribution in [1.82, 2.24) is 5.32 Å². The number of rotatable bonds is 6. The standard InChI is InChI=1S/C18H19NO4/c1-23-18(22)15-8-6-13(7-9-15)12-19-17(21)11-10-14-4-2-3-5-16(14)20/h2-9,20H,10-12H2,1H3,(H,19,21). The Morgan fingerprint density at radius 3 is 2.43 bits per heavy atom. The van der Waals surface area contributed by atoms with Gasteiger partial charge in [-0.3, -0.25) is 4.79 Å². The SMILES string of the molecule is COC(=O)c1ccc(CNC(=O)CCc2ccccc2O)cc1. The molecule has 0 aromatic heterocycles. The summed E-state index contributed by atoms with van der Waals surface area (Å²) in [6.45, 7) is 0.390. The molecule has 5 nitrogen and oxygen atoms in total. The van der Waals surface area contributed by atoms with Gasteiger partial charge in [0.1, 0.15) is 5.75 Å². The molecule has 120 valence electrons. The first-order valence-corrected chi connectivity index (χ1v) is 7.31. The van der Waals surface area contributed by atoms with Crippen LogP contribution in [0.2, 0.25) is 0 Å². The van der Waals surface area contributed by atoms with E-state index in [4.69, 9.17) is 0 Å². The van der Waals surface area contributed by atoms with Crippen LogP contribution in [0.4, 0.5) is 0 Å². The molecule has 0 saturated heterocycles. The van der Waals surface area contributed by atoms with E-state index in [1.807, 2.05) is 6.07 Å². The van der Waals surface area contributed by atoms with Gasteiger partial charge >= 0.3 is 5.97 Å². The van der Waals surface area contributed by atoms with Gasteiger partial charge in [0.05, 0.1) is 12.7 Å². The van der Waals surface area contributed by atoms with Gasteiger partial charge in [-0.05, 0) is 35.7 Å². The summed E-state index contributed by atoms with van der Waals surface area (Å²) in [4.78, 5) is 23.2. The lowest BCUT2D eigenvalue weighted by Gasteiger charge is -2.07. The Bertz CT molecular complexity index is 680. The number of carbonyl (C=O) groups is 2. The predicted octanol–water partition coefficient (Wildman–Crippen LogP) is 2.43. The van der Waals surface area contributed by atoms with Crippen molar-refractivity contribution in [3.63, 3.8) is 0 Å². The van der Waals surface area contributed by atoms with E-state index < -0.39 is 0 Å². The lowest BCUT2D eigenvalue weighted by molar-refractivity contribution is -0.121. The summed E-state index contributed by atoms with van der Waals surface area (Å²) in [5.74, 6) is -0.271. The molecule has 0 bridgehead atoms. The van der Waals surface area contributed by atoms with Crippen molar-refractivity contribution in [3.8, 4) is 5.75 Å². The number of aryl methyl sites for hydroxylation is 1. The fraction of sp³-hybridized carbons (Fsp3) is 0.222. The van der Waals surface area contributed by atoms with Crippen molar-refractivity contribution in [2.24, 2.45) is 0 Å². The van der Waals surface area contributed by atoms with Crippen molar-refractivity contribution in [2.45, 2.75) is 19.4 Å². The zero-order valence-electron chi connectivity index (χ0n) is 12.9. The van der Waals surface area contributed by atoms with Crippen molar-refractivity contribution in [1.29, 1.82) is 0 Å². The summed E-state index contributed by atoms with van der Waals surface area (Å²) in [6, 6.07) is 13.9. The van der Waals surface area contributed by atoms with Crippen LogP contribution in [0.15, 0.2) is 48.5 Å². The number of phenols is 1. The second kappa shape index (κ2) is 7.98. The molecule has 0 aliphatic carbocycles. The smallest absolute Gasteiger partial charge is 0.337 e. The highest BCUT2D eigenvalue weighted by molar-refractivity contribution is 5.89. The number of ether oxygens (including phenoxy) is 1. The summed E-state index contributed by atoms with van der Waals surface area (Å²) in [6.07, 6.45) is 0.789. The minimum Gasteiger partial charge on any atom is -0.508 e. The monoisotopic (exact) mass is 313 g/mol. The molecule has 0 aliphatic rings. The van der Waals surface area contributed by atoms with Crippen LogP contribution in [0.1, 0.15) is 27.9 Å². The average molecular weight is 313 g/mol. The molecular formula is C18H19NO4. The zero-order chi connectivity index (χ0) is 16.7. The maximum Gasteiger partial charge on any atom is 0.337 e. The second-order valence-electron chi connectivity index (χ2n) is 5.09. The highest BCUT2D eigenvalue weighted by Gasteiger charge is 2.07. The number of methoxy groups -OCH3 is 1. The number of para-hydroxylation sites is 1. The Morgan fingerprint density at radius 2 is 1.78 bits per heavy atom. The molecule has 2 aromatic rings. The minimum atomic E-state index is -0.386. The van der Waals surface area contributed by atoms with Gasteiger partial charge in [0.15, 0.2) is 0 Å². The van der Waals surface area contributed by atoms with Crippen molar-refractivity contribution < 1.29 is 19.4 Å². The highest BCUT2D eigenvalue weighted by Crippen LogP contribution is 2.17. The lowest BCUT2D eigenvalue weighted by Crippen LogP contribution is -2.23. The van der Waals surface area contributed by atoms with Gasteiger partial charge in [-0.2, -0.15) is 0 Å². The topological polar surface area (TPSA) is 75.6 Å². The van der Waals surface area contributed by atoms with E-state index in [0.29, 0.717) is 24.9 Å². The molecular weight excluding hydrogens is 294 g/mol. The maximum absolute atomic E-state index is 11.9. The van der Waals surface area contributed by atoms with E-state index in [2.05, 4.69) is 10.1 Å². The lowest BCUT2D eigenvalue weighted by atomic mass is 10.1. The molecule has 0 fully saturated rings. The number of benzene rings is 2. The number of aromatic hydroxyl groups is 1. The Labute approximate surface area is 134 Å². The van der Waals surface area contributed by atoms with Gasteiger partial charge < -0.3 is 15.2 Å². The molecule has 0 unspecified atom stereocenters. The normalized spacial score (nSPS) is 10.1. The molecule has 2 rings (SSSR count). The van der Waals surface area contributed by atoms with Crippen molar-refractivity contribution in [2.75, 3.05) is 7.11 Å². The Hall–Kier alpha value is -2.82. The quantitative estimate of drug-likeness (QED) is 0.803. The Morgan fingerprint density at radius 1 is 1.09 bits per heavy atom. The van der Waals surface area contributed by atoms with Crippen LogP contribution >= 0.6 is 0 Å². The fourth-order valence-corrected chi connectivity index (χ4v) is 2.14. The van der Waals surface area contributed by atoms with Gasteiger partial charge in [0.2, 0.25) is 5.91 Å². The predicted molar refractivity (Wildman–Crippen MR) is 86.1 cm³/mol. The number of phenolic OH excluding ortho intramolecular Hbond substituents is 1. The second-order valence-corrected chi connectivity index (χ2v) is 5.09. The number of hydrogen-bond donors (Lipinski definition) is 2. The van der Waals surface area contributed by atoms with Gasteiger partial charge in [0.25, 0.3) is 0 Å². The molecule has 0 atom stereocenters. The van der Waals surface area contributed by atoms with Gasteiger partial charge in [-0.1, -0.05) is 30.3 Å². The van der Waals surface area contributed by atoms with E-state index in [9.17, 15) is 14.7 Å².